The van der Waals surface area contributed by atoms with Gasteiger partial charge in [-0.1, -0.05) is 35.5 Å². The number of aromatic nitrogens is 5. The Hall–Kier alpha value is -3.28. The van der Waals surface area contributed by atoms with Crippen molar-refractivity contribution in [2.24, 2.45) is 0 Å². The molecule has 4 rings (SSSR count). The van der Waals surface area contributed by atoms with E-state index in [9.17, 15) is 18.0 Å². The standard InChI is InChI=1S/C18H17F3N6O3/c1-11-16-23-24-17(18(19,20)21)27(16)8-7-26(11)14(28)10-29-9-13-22-15(25-30-13)12-5-3-2-4-6-12/h2-6,11H,7-10H2,1H3. The smallest absolute Gasteiger partial charge is 0.362 e. The number of carbonyl (C=O) groups is 1. The van der Waals surface area contributed by atoms with Crippen molar-refractivity contribution < 1.29 is 27.2 Å². The van der Waals surface area contributed by atoms with Crippen LogP contribution in [0.5, 0.6) is 0 Å². The van der Waals surface area contributed by atoms with Gasteiger partial charge in [0.1, 0.15) is 13.2 Å². The lowest BCUT2D eigenvalue weighted by Gasteiger charge is -2.33. The Balaban J connectivity index is 1.34. The molecule has 3 heterocycles. The van der Waals surface area contributed by atoms with E-state index in [1.807, 2.05) is 30.3 Å². The van der Waals surface area contributed by atoms with Crippen molar-refractivity contribution in [3.05, 3.63) is 47.9 Å². The summed E-state index contributed by atoms with van der Waals surface area (Å²) in [7, 11) is 0. The molecule has 1 unspecified atom stereocenters. The van der Waals surface area contributed by atoms with E-state index in [-0.39, 0.29) is 43.9 Å². The molecule has 0 aliphatic carbocycles. The molecule has 1 aliphatic heterocycles. The van der Waals surface area contributed by atoms with Crippen molar-refractivity contribution in [2.45, 2.75) is 32.3 Å². The van der Waals surface area contributed by atoms with Crippen LogP contribution >= 0.6 is 0 Å². The zero-order chi connectivity index (χ0) is 21.3. The van der Waals surface area contributed by atoms with E-state index in [1.165, 1.54) is 4.90 Å². The Morgan fingerprint density at radius 2 is 2.00 bits per heavy atom. The Kier molecular flexibility index (Phi) is 5.24. The maximum Gasteiger partial charge on any atom is 0.451 e. The molecular weight excluding hydrogens is 405 g/mol. The van der Waals surface area contributed by atoms with Crippen molar-refractivity contribution in [1.29, 1.82) is 0 Å². The number of ether oxygens (including phenoxy) is 1. The zero-order valence-electron chi connectivity index (χ0n) is 15.8. The highest BCUT2D eigenvalue weighted by Crippen LogP contribution is 2.32. The van der Waals surface area contributed by atoms with Crippen molar-refractivity contribution in [3.8, 4) is 11.4 Å². The maximum absolute atomic E-state index is 13.0. The SMILES string of the molecule is CC1c2nnc(C(F)(F)F)n2CCN1C(=O)COCc1nc(-c2ccccc2)no1. The first-order chi connectivity index (χ1) is 14.3. The van der Waals surface area contributed by atoms with Gasteiger partial charge in [-0.15, -0.1) is 10.2 Å². The van der Waals surface area contributed by atoms with Crippen LogP contribution in [-0.4, -0.2) is 48.9 Å². The predicted molar refractivity (Wildman–Crippen MR) is 94.5 cm³/mol. The first-order valence-electron chi connectivity index (χ1n) is 9.10. The fourth-order valence-electron chi connectivity index (χ4n) is 3.26. The van der Waals surface area contributed by atoms with E-state index in [2.05, 4.69) is 20.3 Å². The lowest BCUT2D eigenvalue weighted by Crippen LogP contribution is -2.43. The van der Waals surface area contributed by atoms with Crippen LogP contribution in [0.1, 0.15) is 30.5 Å². The second kappa shape index (κ2) is 7.86. The summed E-state index contributed by atoms with van der Waals surface area (Å²) in [6, 6.07) is 8.57. The fourth-order valence-corrected chi connectivity index (χ4v) is 3.26. The summed E-state index contributed by atoms with van der Waals surface area (Å²) >= 11 is 0. The molecule has 3 aromatic rings. The number of nitrogens with zero attached hydrogens (tertiary/aromatic N) is 6. The molecule has 1 atom stereocenters. The zero-order valence-corrected chi connectivity index (χ0v) is 15.8. The molecule has 1 aromatic carbocycles. The third-order valence-electron chi connectivity index (χ3n) is 4.71. The number of rotatable bonds is 5. The van der Waals surface area contributed by atoms with Crippen molar-refractivity contribution in [1.82, 2.24) is 29.8 Å². The number of carbonyl (C=O) groups excluding carboxylic acids is 1. The first kappa shape index (κ1) is 20.0. The molecular formula is C18H17F3N6O3. The normalized spacial score (nSPS) is 16.5. The summed E-state index contributed by atoms with van der Waals surface area (Å²) < 4.78 is 50.4. The number of fused-ring (bicyclic) bond motifs is 1. The summed E-state index contributed by atoms with van der Waals surface area (Å²) in [4.78, 5) is 18.1. The molecule has 0 saturated carbocycles. The lowest BCUT2D eigenvalue weighted by atomic mass is 10.2. The van der Waals surface area contributed by atoms with Gasteiger partial charge in [-0.2, -0.15) is 18.2 Å². The largest absolute Gasteiger partial charge is 0.451 e. The monoisotopic (exact) mass is 422 g/mol. The Labute approximate surface area is 168 Å². The van der Waals surface area contributed by atoms with E-state index in [4.69, 9.17) is 9.26 Å². The second-order valence-electron chi connectivity index (χ2n) is 6.66. The van der Waals surface area contributed by atoms with Crippen LogP contribution in [0.25, 0.3) is 11.4 Å². The number of hydrogen-bond acceptors (Lipinski definition) is 7. The van der Waals surface area contributed by atoms with Crippen LogP contribution in [0, 0.1) is 0 Å². The highest BCUT2D eigenvalue weighted by Gasteiger charge is 2.41. The fraction of sp³-hybridized carbons (Fsp3) is 0.389. The summed E-state index contributed by atoms with van der Waals surface area (Å²) in [6.07, 6.45) is -4.59. The minimum absolute atomic E-state index is 0.0443. The van der Waals surface area contributed by atoms with Gasteiger partial charge in [0.15, 0.2) is 5.82 Å². The average Bonchev–Trinajstić information content (AvgIpc) is 3.36. The summed E-state index contributed by atoms with van der Waals surface area (Å²) in [5.41, 5.74) is 0.785. The topological polar surface area (TPSA) is 99.2 Å². The molecule has 0 spiro atoms. The molecule has 158 valence electrons. The maximum atomic E-state index is 13.0. The van der Waals surface area contributed by atoms with E-state index in [0.717, 1.165) is 10.1 Å². The minimum Gasteiger partial charge on any atom is -0.362 e. The summed E-state index contributed by atoms with van der Waals surface area (Å²) in [5, 5.41) is 10.7. The van der Waals surface area contributed by atoms with Gasteiger partial charge in [0.2, 0.25) is 17.6 Å². The van der Waals surface area contributed by atoms with Crippen molar-refractivity contribution in [2.75, 3.05) is 13.2 Å². The van der Waals surface area contributed by atoms with Gasteiger partial charge in [-0.3, -0.25) is 4.79 Å². The number of alkyl halides is 3. The predicted octanol–water partition coefficient (Wildman–Crippen LogP) is 2.47. The van der Waals surface area contributed by atoms with Crippen LogP contribution in [-0.2, 0) is 28.9 Å². The average molecular weight is 422 g/mol. The van der Waals surface area contributed by atoms with Crippen LogP contribution < -0.4 is 0 Å². The van der Waals surface area contributed by atoms with Crippen LogP contribution in [0.3, 0.4) is 0 Å². The first-order valence-corrected chi connectivity index (χ1v) is 9.10. The number of halogens is 3. The Morgan fingerprint density at radius 3 is 2.73 bits per heavy atom. The number of benzene rings is 1. The van der Waals surface area contributed by atoms with Crippen molar-refractivity contribution >= 4 is 5.91 Å². The molecule has 1 amide bonds. The van der Waals surface area contributed by atoms with Crippen LogP contribution in [0.4, 0.5) is 13.2 Å². The molecule has 0 N–H and O–H groups in total. The molecule has 2 aromatic heterocycles. The van der Waals surface area contributed by atoms with Gasteiger partial charge in [-0.25, -0.2) is 0 Å². The van der Waals surface area contributed by atoms with Gasteiger partial charge < -0.3 is 18.7 Å². The third kappa shape index (κ3) is 3.90. The third-order valence-corrected chi connectivity index (χ3v) is 4.71. The van der Waals surface area contributed by atoms with Gasteiger partial charge in [0.05, 0.1) is 6.04 Å². The number of hydrogen-bond donors (Lipinski definition) is 0. The molecule has 0 saturated heterocycles. The lowest BCUT2D eigenvalue weighted by molar-refractivity contribution is -0.148. The molecule has 1 aliphatic rings. The number of amides is 1. The van der Waals surface area contributed by atoms with Crippen molar-refractivity contribution in [3.63, 3.8) is 0 Å². The van der Waals surface area contributed by atoms with E-state index < -0.39 is 18.0 Å². The second-order valence-corrected chi connectivity index (χ2v) is 6.66. The van der Waals surface area contributed by atoms with E-state index in [0.29, 0.717) is 5.82 Å². The van der Waals surface area contributed by atoms with E-state index >= 15 is 0 Å². The highest BCUT2D eigenvalue weighted by atomic mass is 19.4. The quantitative estimate of drug-likeness (QED) is 0.623. The Morgan fingerprint density at radius 1 is 1.23 bits per heavy atom. The van der Waals surface area contributed by atoms with Gasteiger partial charge in [0.25, 0.3) is 5.89 Å². The Bertz CT molecular complexity index is 1030. The molecule has 12 heteroatoms. The van der Waals surface area contributed by atoms with E-state index in [1.54, 1.807) is 6.92 Å². The highest BCUT2D eigenvalue weighted by molar-refractivity contribution is 5.78. The van der Waals surface area contributed by atoms with Gasteiger partial charge in [-0.05, 0) is 6.92 Å². The van der Waals surface area contributed by atoms with Crippen LogP contribution in [0.2, 0.25) is 0 Å². The molecule has 30 heavy (non-hydrogen) atoms. The van der Waals surface area contributed by atoms with Gasteiger partial charge >= 0.3 is 6.18 Å². The summed E-state index contributed by atoms with van der Waals surface area (Å²) in [6.45, 7) is 1.30. The van der Waals surface area contributed by atoms with Gasteiger partial charge in [0, 0.05) is 18.7 Å². The van der Waals surface area contributed by atoms with Crippen LogP contribution in [0.15, 0.2) is 34.9 Å². The molecule has 0 fully saturated rings. The molecule has 0 radical (unpaired) electrons. The molecule has 9 nitrogen and oxygen atoms in total. The minimum atomic E-state index is -4.59. The summed E-state index contributed by atoms with van der Waals surface area (Å²) in [5.74, 6) is -0.731. The molecule has 0 bridgehead atoms.